The lowest BCUT2D eigenvalue weighted by atomic mass is 10.0. The highest BCUT2D eigenvalue weighted by molar-refractivity contribution is 6.33. The Bertz CT molecular complexity index is 477. The maximum atomic E-state index is 10.6. The summed E-state index contributed by atoms with van der Waals surface area (Å²) in [5.74, 6) is 0.399. The molecule has 2 heterocycles. The molecule has 0 aliphatic carbocycles. The van der Waals surface area contributed by atoms with E-state index < -0.39 is 10.5 Å². The Morgan fingerprint density at radius 2 is 2.53 bits per heavy atom. The quantitative estimate of drug-likeness (QED) is 0.657. The van der Waals surface area contributed by atoms with Gasteiger partial charge in [0.2, 0.25) is 0 Å². The van der Waals surface area contributed by atoms with E-state index in [0.717, 1.165) is 6.42 Å². The Balaban J connectivity index is 2.05. The molecule has 1 aromatic heterocycles. The second-order valence-corrected chi connectivity index (χ2v) is 4.73. The fourth-order valence-electron chi connectivity index (χ4n) is 1.86. The average molecular weight is 288 g/mol. The van der Waals surface area contributed by atoms with Gasteiger partial charge in [-0.2, -0.15) is 0 Å². The first-order valence-electron chi connectivity index (χ1n) is 5.73. The van der Waals surface area contributed by atoms with E-state index in [1.807, 2.05) is 0 Å². The van der Waals surface area contributed by atoms with Gasteiger partial charge in [-0.25, -0.2) is 4.98 Å². The minimum Gasteiger partial charge on any atom is -0.378 e. The Morgan fingerprint density at radius 1 is 1.74 bits per heavy atom. The van der Waals surface area contributed by atoms with Gasteiger partial charge in [0.15, 0.2) is 0 Å². The monoisotopic (exact) mass is 287 g/mol. The molecule has 104 valence electrons. The summed E-state index contributed by atoms with van der Waals surface area (Å²) in [6.45, 7) is 1.63. The molecule has 0 amide bonds. The van der Waals surface area contributed by atoms with Gasteiger partial charge >= 0.3 is 0 Å². The summed E-state index contributed by atoms with van der Waals surface area (Å²) >= 11 is 5.95. The number of aromatic nitrogens is 1. The number of ether oxygens (including phenoxy) is 2. The highest BCUT2D eigenvalue weighted by Crippen LogP contribution is 2.27. The van der Waals surface area contributed by atoms with Crippen molar-refractivity contribution in [3.05, 3.63) is 27.4 Å². The van der Waals surface area contributed by atoms with Gasteiger partial charge in [0.1, 0.15) is 17.6 Å². The molecule has 8 heteroatoms. The van der Waals surface area contributed by atoms with Gasteiger partial charge in [-0.3, -0.25) is 10.1 Å². The molecule has 0 spiro atoms. The summed E-state index contributed by atoms with van der Waals surface area (Å²) in [5.41, 5.74) is -0.534. The van der Waals surface area contributed by atoms with Crippen LogP contribution in [0.1, 0.15) is 6.42 Å². The normalized spacial score (nSPS) is 22.4. The van der Waals surface area contributed by atoms with Crippen molar-refractivity contribution in [3.63, 3.8) is 0 Å². The first-order chi connectivity index (χ1) is 9.06. The van der Waals surface area contributed by atoms with Crippen molar-refractivity contribution in [2.24, 2.45) is 0 Å². The molecule has 0 radical (unpaired) electrons. The smallest absolute Gasteiger partial charge is 0.289 e. The largest absolute Gasteiger partial charge is 0.378 e. The number of nitro groups is 1. The van der Waals surface area contributed by atoms with Gasteiger partial charge in [0.05, 0.1) is 16.6 Å². The molecule has 1 fully saturated rings. The van der Waals surface area contributed by atoms with Crippen LogP contribution in [0.3, 0.4) is 0 Å². The van der Waals surface area contributed by atoms with E-state index in [1.165, 1.54) is 12.3 Å². The number of hydrogen-bond donors (Lipinski definition) is 1. The molecule has 19 heavy (non-hydrogen) atoms. The van der Waals surface area contributed by atoms with Crippen LogP contribution in [0, 0.1) is 10.1 Å². The minimum absolute atomic E-state index is 0.138. The number of pyridine rings is 1. The molecule has 0 aromatic carbocycles. The molecule has 1 aliphatic heterocycles. The van der Waals surface area contributed by atoms with Crippen molar-refractivity contribution in [2.75, 3.05) is 32.2 Å². The highest BCUT2D eigenvalue weighted by Gasteiger charge is 2.35. The third-order valence-corrected chi connectivity index (χ3v) is 3.40. The summed E-state index contributed by atoms with van der Waals surface area (Å²) in [6.07, 6.45) is 1.94. The molecule has 0 bridgehead atoms. The second kappa shape index (κ2) is 5.68. The lowest BCUT2D eigenvalue weighted by Crippen LogP contribution is -2.39. The Hall–Kier alpha value is -1.44. The van der Waals surface area contributed by atoms with Crippen molar-refractivity contribution in [1.29, 1.82) is 0 Å². The van der Waals surface area contributed by atoms with E-state index in [4.69, 9.17) is 21.1 Å². The van der Waals surface area contributed by atoms with Crippen LogP contribution in [0.4, 0.5) is 11.5 Å². The molecule has 1 atom stereocenters. The van der Waals surface area contributed by atoms with Crippen molar-refractivity contribution in [2.45, 2.75) is 12.0 Å². The zero-order valence-electron chi connectivity index (χ0n) is 10.4. The fourth-order valence-corrected chi connectivity index (χ4v) is 2.09. The zero-order valence-corrected chi connectivity index (χ0v) is 11.1. The summed E-state index contributed by atoms with van der Waals surface area (Å²) in [6, 6.07) is 1.27. The SMILES string of the molecule is COC1(CNc2ncc([N+](=O)[O-])cc2Cl)CCOC1. The fraction of sp³-hybridized carbons (Fsp3) is 0.545. The van der Waals surface area contributed by atoms with Crippen LogP contribution in [0.25, 0.3) is 0 Å². The molecular weight excluding hydrogens is 274 g/mol. The van der Waals surface area contributed by atoms with E-state index in [9.17, 15) is 10.1 Å². The van der Waals surface area contributed by atoms with Crippen molar-refractivity contribution in [1.82, 2.24) is 4.98 Å². The van der Waals surface area contributed by atoms with Crippen LogP contribution in [0.5, 0.6) is 0 Å². The van der Waals surface area contributed by atoms with Crippen LogP contribution < -0.4 is 5.32 Å². The van der Waals surface area contributed by atoms with Crippen LogP contribution in [-0.4, -0.2) is 42.4 Å². The number of halogens is 1. The van der Waals surface area contributed by atoms with Gasteiger partial charge in [-0.1, -0.05) is 11.6 Å². The van der Waals surface area contributed by atoms with Crippen molar-refractivity contribution >= 4 is 23.1 Å². The van der Waals surface area contributed by atoms with Crippen LogP contribution in [0.15, 0.2) is 12.3 Å². The third kappa shape index (κ3) is 3.12. The average Bonchev–Trinajstić information content (AvgIpc) is 2.86. The summed E-state index contributed by atoms with van der Waals surface area (Å²) in [4.78, 5) is 14.0. The number of methoxy groups -OCH3 is 1. The van der Waals surface area contributed by atoms with Crippen LogP contribution in [-0.2, 0) is 9.47 Å². The van der Waals surface area contributed by atoms with E-state index in [1.54, 1.807) is 7.11 Å². The topological polar surface area (TPSA) is 86.5 Å². The second-order valence-electron chi connectivity index (χ2n) is 4.32. The Kier molecular flexibility index (Phi) is 4.18. The molecule has 2 rings (SSSR count). The van der Waals surface area contributed by atoms with Gasteiger partial charge in [0, 0.05) is 32.7 Å². The molecule has 1 aliphatic rings. The van der Waals surface area contributed by atoms with Gasteiger partial charge in [-0.15, -0.1) is 0 Å². The molecular formula is C11H14ClN3O4. The number of rotatable bonds is 5. The predicted molar refractivity (Wildman–Crippen MR) is 69.6 cm³/mol. The number of anilines is 1. The van der Waals surface area contributed by atoms with E-state index in [2.05, 4.69) is 10.3 Å². The molecule has 7 nitrogen and oxygen atoms in total. The number of nitrogens with zero attached hydrogens (tertiary/aromatic N) is 2. The lowest BCUT2D eigenvalue weighted by Gasteiger charge is -2.26. The first kappa shape index (κ1) is 14.0. The maximum absolute atomic E-state index is 10.6. The van der Waals surface area contributed by atoms with Gasteiger partial charge < -0.3 is 14.8 Å². The lowest BCUT2D eigenvalue weighted by molar-refractivity contribution is -0.385. The third-order valence-electron chi connectivity index (χ3n) is 3.12. The van der Waals surface area contributed by atoms with E-state index >= 15 is 0 Å². The zero-order chi connectivity index (χ0) is 13.9. The van der Waals surface area contributed by atoms with Gasteiger partial charge in [-0.05, 0) is 0 Å². The van der Waals surface area contributed by atoms with Crippen LogP contribution in [0.2, 0.25) is 5.02 Å². The highest BCUT2D eigenvalue weighted by atomic mass is 35.5. The van der Waals surface area contributed by atoms with Crippen molar-refractivity contribution < 1.29 is 14.4 Å². The molecule has 1 saturated heterocycles. The molecule has 0 saturated carbocycles. The summed E-state index contributed by atoms with van der Waals surface area (Å²) in [5, 5.41) is 13.8. The first-order valence-corrected chi connectivity index (χ1v) is 6.11. The number of hydrogen-bond acceptors (Lipinski definition) is 6. The van der Waals surface area contributed by atoms with Crippen molar-refractivity contribution in [3.8, 4) is 0 Å². The summed E-state index contributed by atoms with van der Waals surface area (Å²) < 4.78 is 10.8. The number of nitrogens with one attached hydrogen (secondary N) is 1. The Labute approximate surface area is 115 Å². The molecule has 1 N–H and O–H groups in total. The summed E-state index contributed by atoms with van der Waals surface area (Å²) in [7, 11) is 1.63. The minimum atomic E-state index is -0.538. The Morgan fingerprint density at radius 3 is 3.05 bits per heavy atom. The van der Waals surface area contributed by atoms with E-state index in [0.29, 0.717) is 25.6 Å². The van der Waals surface area contributed by atoms with E-state index in [-0.39, 0.29) is 10.7 Å². The maximum Gasteiger partial charge on any atom is 0.289 e. The molecule has 1 aromatic rings. The van der Waals surface area contributed by atoms with Crippen LogP contribution >= 0.6 is 11.6 Å². The predicted octanol–water partition coefficient (Wildman–Crippen LogP) is 1.86. The molecule has 1 unspecified atom stereocenters. The standard InChI is InChI=1S/C11H14ClN3O4/c1-18-11(2-3-19-7-11)6-14-10-9(12)4-8(5-13-10)15(16)17/h4-5H,2-3,6-7H2,1H3,(H,13,14). The van der Waals surface area contributed by atoms with Gasteiger partial charge in [0.25, 0.3) is 5.69 Å².